The van der Waals surface area contributed by atoms with Crippen molar-refractivity contribution in [2.24, 2.45) is 18.9 Å². The fourth-order valence-corrected chi connectivity index (χ4v) is 8.18. The van der Waals surface area contributed by atoms with E-state index in [1.807, 2.05) is 12.3 Å². The van der Waals surface area contributed by atoms with Gasteiger partial charge in [0.05, 0.1) is 7.11 Å². The van der Waals surface area contributed by atoms with Gasteiger partial charge in [0.15, 0.2) is 17.0 Å². The molecule has 0 radical (unpaired) electrons. The molecular weight excluding hydrogens is 500 g/mol. The Morgan fingerprint density at radius 1 is 0.900 bits per heavy atom. The summed E-state index contributed by atoms with van der Waals surface area (Å²) in [7, 11) is 3.72. The summed E-state index contributed by atoms with van der Waals surface area (Å²) >= 11 is 0. The Morgan fingerprint density at radius 3 is 2.38 bits per heavy atom. The number of hydrogen-bond acceptors (Lipinski definition) is 7. The largest absolute Gasteiger partial charge is 0.493 e. The van der Waals surface area contributed by atoms with Crippen molar-refractivity contribution in [3.8, 4) is 17.1 Å². The predicted molar refractivity (Wildman–Crippen MR) is 155 cm³/mol. The molecule has 0 amide bonds. The predicted octanol–water partition coefficient (Wildman–Crippen LogP) is 4.44. The van der Waals surface area contributed by atoms with Gasteiger partial charge in [-0.2, -0.15) is 5.10 Å². The molecule has 8 rings (SSSR count). The Morgan fingerprint density at radius 2 is 1.68 bits per heavy atom. The van der Waals surface area contributed by atoms with Crippen LogP contribution in [0.2, 0.25) is 0 Å². The van der Waals surface area contributed by atoms with Crippen LogP contribution in [0.3, 0.4) is 0 Å². The van der Waals surface area contributed by atoms with Crippen molar-refractivity contribution >= 4 is 16.8 Å². The lowest BCUT2D eigenvalue weighted by molar-refractivity contribution is 0.120. The summed E-state index contributed by atoms with van der Waals surface area (Å²) in [5.41, 5.74) is 5.96. The van der Waals surface area contributed by atoms with Gasteiger partial charge in [0.1, 0.15) is 17.7 Å². The zero-order valence-electron chi connectivity index (χ0n) is 24.0. The van der Waals surface area contributed by atoms with Crippen LogP contribution < -0.4 is 4.74 Å². The number of rotatable bonds is 5. The van der Waals surface area contributed by atoms with Crippen molar-refractivity contribution < 1.29 is 4.74 Å². The zero-order valence-corrected chi connectivity index (χ0v) is 24.0. The number of nitrogens with zero attached hydrogens (tertiary/aromatic N) is 8. The second-order valence-corrected chi connectivity index (χ2v) is 12.9. The van der Waals surface area contributed by atoms with Gasteiger partial charge in [-0.1, -0.05) is 6.42 Å². The Balaban J connectivity index is 0.984. The van der Waals surface area contributed by atoms with Gasteiger partial charge in [0, 0.05) is 55.6 Å². The minimum atomic E-state index is 0.513. The molecule has 1 unspecified atom stereocenters. The maximum absolute atomic E-state index is 5.59. The molecule has 0 bridgehead atoms. The number of fused-ring (bicyclic) bond motifs is 3. The number of hydrogen-bond donors (Lipinski definition) is 0. The van der Waals surface area contributed by atoms with E-state index in [0.29, 0.717) is 17.3 Å². The second kappa shape index (κ2) is 9.52. The molecule has 0 spiro atoms. The van der Waals surface area contributed by atoms with Gasteiger partial charge >= 0.3 is 0 Å². The monoisotopic (exact) mass is 540 g/mol. The molecule has 4 aliphatic rings. The van der Waals surface area contributed by atoms with E-state index < -0.39 is 0 Å². The van der Waals surface area contributed by atoms with Crippen molar-refractivity contribution in [3.05, 3.63) is 35.9 Å². The van der Waals surface area contributed by atoms with Crippen LogP contribution in [0.25, 0.3) is 28.2 Å². The van der Waals surface area contributed by atoms with Crippen molar-refractivity contribution in [2.45, 2.75) is 69.9 Å². The summed E-state index contributed by atoms with van der Waals surface area (Å²) in [4.78, 5) is 20.2. The summed E-state index contributed by atoms with van der Waals surface area (Å²) in [5, 5.41) is 4.32. The van der Waals surface area contributed by atoms with E-state index in [1.165, 1.54) is 82.4 Å². The fraction of sp³-hybridized carbons (Fsp3) is 0.613. The standard InChI is InChI=1S/C31H40N8O/c1-19-11-26(20-7-9-37(10-8-20)25-12-21-15-38(16-22(21)13-25)24-5-4-6-24)34-31-28(19)35-29(36(31)2)23-14-27(40-3)30-32-18-33-39(30)17-23/h11,14,17-18,20-22,24-25H,4-10,12-13,15-16H2,1-3H3/t21-,22+,25?. The minimum Gasteiger partial charge on any atom is -0.493 e. The van der Waals surface area contributed by atoms with E-state index in [-0.39, 0.29) is 0 Å². The van der Waals surface area contributed by atoms with Gasteiger partial charge in [0.25, 0.3) is 0 Å². The number of imidazole rings is 1. The van der Waals surface area contributed by atoms with Gasteiger partial charge in [-0.05, 0) is 88.1 Å². The van der Waals surface area contributed by atoms with Crippen molar-refractivity contribution in [1.82, 2.24) is 38.9 Å². The highest BCUT2D eigenvalue weighted by molar-refractivity contribution is 5.81. The number of aryl methyl sites for hydroxylation is 2. The Labute approximate surface area is 235 Å². The molecule has 2 aliphatic carbocycles. The molecule has 4 aromatic rings. The van der Waals surface area contributed by atoms with Gasteiger partial charge in [-0.15, -0.1) is 0 Å². The molecular formula is C31H40N8O. The summed E-state index contributed by atoms with van der Waals surface area (Å²) in [6, 6.07) is 5.99. The number of ether oxygens (including phenoxy) is 1. The number of aromatic nitrogens is 6. The van der Waals surface area contributed by atoms with E-state index in [1.54, 1.807) is 18.0 Å². The van der Waals surface area contributed by atoms with Crippen LogP contribution in [-0.2, 0) is 7.05 Å². The first-order valence-corrected chi connectivity index (χ1v) is 15.3. The lowest BCUT2D eigenvalue weighted by Crippen LogP contribution is -2.42. The average Bonchev–Trinajstić information content (AvgIpc) is 3.70. The molecule has 2 saturated heterocycles. The lowest BCUT2D eigenvalue weighted by Gasteiger charge is -2.38. The van der Waals surface area contributed by atoms with Crippen molar-refractivity contribution in [2.75, 3.05) is 33.3 Å². The molecule has 0 N–H and O–H groups in total. The molecule has 4 aromatic heterocycles. The summed E-state index contributed by atoms with van der Waals surface area (Å²) in [6.07, 6.45) is 13.1. The van der Waals surface area contributed by atoms with Crippen LogP contribution in [0.15, 0.2) is 24.7 Å². The SMILES string of the molecule is COc1cc(-c2nc3c(C)cc(C4CCN(C5C[C@@H]6CN(C7CCC7)C[C@@H]6C5)CC4)nc3n2C)cn2ncnc12. The van der Waals surface area contributed by atoms with E-state index in [4.69, 9.17) is 14.7 Å². The molecule has 40 heavy (non-hydrogen) atoms. The van der Waals surface area contributed by atoms with Crippen molar-refractivity contribution in [3.63, 3.8) is 0 Å². The first-order valence-electron chi connectivity index (χ1n) is 15.3. The molecule has 2 aliphatic heterocycles. The van der Waals surface area contributed by atoms with Gasteiger partial charge in [0.2, 0.25) is 0 Å². The molecule has 9 nitrogen and oxygen atoms in total. The third kappa shape index (κ3) is 3.96. The van der Waals surface area contributed by atoms with Crippen molar-refractivity contribution in [1.29, 1.82) is 0 Å². The van der Waals surface area contributed by atoms with Crippen LogP contribution in [0, 0.1) is 18.8 Å². The minimum absolute atomic E-state index is 0.513. The van der Waals surface area contributed by atoms with E-state index in [9.17, 15) is 0 Å². The van der Waals surface area contributed by atoms with E-state index >= 15 is 0 Å². The Kier molecular flexibility index (Phi) is 5.88. The lowest BCUT2D eigenvalue weighted by atomic mass is 9.90. The first kappa shape index (κ1) is 24.7. The second-order valence-electron chi connectivity index (χ2n) is 12.9. The summed E-state index contributed by atoms with van der Waals surface area (Å²) < 4.78 is 9.45. The van der Waals surface area contributed by atoms with Crippen LogP contribution in [0.1, 0.15) is 62.1 Å². The van der Waals surface area contributed by atoms with E-state index in [0.717, 1.165) is 46.5 Å². The third-order valence-electron chi connectivity index (χ3n) is 10.7. The summed E-state index contributed by atoms with van der Waals surface area (Å²) in [6.45, 7) is 7.32. The van der Waals surface area contributed by atoms with Gasteiger partial charge in [-0.25, -0.2) is 19.5 Å². The van der Waals surface area contributed by atoms with Gasteiger partial charge < -0.3 is 14.2 Å². The van der Waals surface area contributed by atoms with E-state index in [2.05, 4.69) is 44.5 Å². The third-order valence-corrected chi connectivity index (χ3v) is 10.7. The quantitative estimate of drug-likeness (QED) is 0.371. The molecule has 3 atom stereocenters. The molecule has 9 heteroatoms. The summed E-state index contributed by atoms with van der Waals surface area (Å²) in [5.74, 6) is 3.94. The molecule has 6 heterocycles. The number of methoxy groups -OCH3 is 1. The topological polar surface area (TPSA) is 76.6 Å². The maximum Gasteiger partial charge on any atom is 0.197 e. The highest BCUT2D eigenvalue weighted by Crippen LogP contribution is 2.44. The molecule has 4 fully saturated rings. The highest BCUT2D eigenvalue weighted by Gasteiger charge is 2.45. The Hall–Kier alpha value is -3.04. The zero-order chi connectivity index (χ0) is 27.0. The highest BCUT2D eigenvalue weighted by atomic mass is 16.5. The first-order chi connectivity index (χ1) is 19.6. The number of piperidine rings is 1. The van der Waals surface area contributed by atoms with Crippen LogP contribution in [0.4, 0.5) is 0 Å². The van der Waals surface area contributed by atoms with Crippen LogP contribution in [-0.4, -0.2) is 84.3 Å². The Bertz CT molecular complexity index is 1550. The van der Waals surface area contributed by atoms with Gasteiger partial charge in [-0.3, -0.25) is 4.90 Å². The smallest absolute Gasteiger partial charge is 0.197 e. The number of likely N-dealkylation sites (tertiary alicyclic amines) is 2. The van der Waals surface area contributed by atoms with Crippen LogP contribution >= 0.6 is 0 Å². The fourth-order valence-electron chi connectivity index (χ4n) is 8.18. The normalized spacial score (nSPS) is 26.6. The molecule has 0 aromatic carbocycles. The average molecular weight is 541 g/mol. The van der Waals surface area contributed by atoms with Crippen LogP contribution in [0.5, 0.6) is 5.75 Å². The molecule has 210 valence electrons. The maximum atomic E-state index is 5.59. The molecule has 2 saturated carbocycles. The number of pyridine rings is 2.